The third-order valence-corrected chi connectivity index (χ3v) is 7.04. The second-order valence-electron chi connectivity index (χ2n) is 6.85. The number of hydrogen-bond donors (Lipinski definition) is 2. The van der Waals surface area contributed by atoms with Gasteiger partial charge in [0.15, 0.2) is 0 Å². The molecule has 0 spiro atoms. The number of amides is 1. The SMILES string of the molecule is CN(C)[C@]1(CNC(=O)/C=C/c2ccccc2)[Si]C1Cc1ccc(O)cc1. The summed E-state index contributed by atoms with van der Waals surface area (Å²) < 4.78 is 0. The van der Waals surface area contributed by atoms with E-state index in [9.17, 15) is 9.90 Å². The van der Waals surface area contributed by atoms with Crippen molar-refractivity contribution in [3.05, 3.63) is 71.8 Å². The first kappa shape index (κ1) is 18.4. The monoisotopic (exact) mass is 364 g/mol. The number of hydrogen-bond acceptors (Lipinski definition) is 3. The Bertz CT molecular complexity index is 774. The molecule has 2 aromatic carbocycles. The lowest BCUT2D eigenvalue weighted by Crippen LogP contribution is -2.44. The van der Waals surface area contributed by atoms with Gasteiger partial charge in [-0.25, -0.2) is 0 Å². The van der Waals surface area contributed by atoms with Crippen molar-refractivity contribution in [3.63, 3.8) is 0 Å². The normalized spacial score (nSPS) is 21.9. The van der Waals surface area contributed by atoms with Crippen LogP contribution in [0.1, 0.15) is 11.1 Å². The van der Waals surface area contributed by atoms with Crippen LogP contribution in [-0.2, 0) is 11.2 Å². The van der Waals surface area contributed by atoms with Crippen molar-refractivity contribution in [2.24, 2.45) is 0 Å². The van der Waals surface area contributed by atoms with Crippen LogP contribution < -0.4 is 5.32 Å². The number of aromatic hydroxyl groups is 1. The van der Waals surface area contributed by atoms with Gasteiger partial charge in [-0.05, 0) is 55.4 Å². The fraction of sp³-hybridized carbons (Fsp3) is 0.286. The maximum absolute atomic E-state index is 12.2. The minimum Gasteiger partial charge on any atom is -0.508 e. The number of phenols is 1. The first-order valence-electron chi connectivity index (χ1n) is 8.73. The van der Waals surface area contributed by atoms with Gasteiger partial charge in [-0.1, -0.05) is 42.5 Å². The highest BCUT2D eigenvalue weighted by atomic mass is 28.2. The Morgan fingerprint density at radius 2 is 1.88 bits per heavy atom. The van der Waals surface area contributed by atoms with Crippen molar-refractivity contribution in [1.29, 1.82) is 0 Å². The second kappa shape index (κ2) is 7.89. The van der Waals surface area contributed by atoms with E-state index in [0.717, 1.165) is 21.5 Å². The molecule has 2 aromatic rings. The lowest BCUT2D eigenvalue weighted by atomic mass is 10.0. The van der Waals surface area contributed by atoms with Crippen molar-refractivity contribution in [2.75, 3.05) is 20.6 Å². The van der Waals surface area contributed by atoms with Gasteiger partial charge >= 0.3 is 0 Å². The summed E-state index contributed by atoms with van der Waals surface area (Å²) >= 11 is 0. The summed E-state index contributed by atoms with van der Waals surface area (Å²) in [7, 11) is 4.95. The number of nitrogens with one attached hydrogen (secondary N) is 1. The average Bonchev–Trinajstić information content (AvgIpc) is 3.35. The molecule has 1 unspecified atom stereocenters. The molecular formula is C21H24N2O2Si. The van der Waals surface area contributed by atoms with Crippen LogP contribution in [0.5, 0.6) is 5.75 Å². The van der Waals surface area contributed by atoms with Crippen LogP contribution in [0.15, 0.2) is 60.7 Å². The van der Waals surface area contributed by atoms with E-state index in [0.29, 0.717) is 17.8 Å². The molecule has 0 saturated carbocycles. The summed E-state index contributed by atoms with van der Waals surface area (Å²) in [5.74, 6) is 0.235. The Morgan fingerprint density at radius 1 is 1.19 bits per heavy atom. The highest BCUT2D eigenvalue weighted by Crippen LogP contribution is 2.45. The van der Waals surface area contributed by atoms with E-state index in [2.05, 4.69) is 24.3 Å². The smallest absolute Gasteiger partial charge is 0.244 e. The fourth-order valence-corrected chi connectivity index (χ4v) is 4.91. The van der Waals surface area contributed by atoms with Crippen LogP contribution in [0.2, 0.25) is 5.54 Å². The summed E-state index contributed by atoms with van der Waals surface area (Å²) in [4.78, 5) is 14.4. The maximum atomic E-state index is 12.2. The molecule has 1 fully saturated rings. The molecule has 1 aliphatic rings. The zero-order valence-corrected chi connectivity index (χ0v) is 16.1. The zero-order chi connectivity index (χ0) is 18.6. The highest BCUT2D eigenvalue weighted by Gasteiger charge is 2.56. The molecule has 2 radical (unpaired) electrons. The van der Waals surface area contributed by atoms with E-state index >= 15 is 0 Å². The van der Waals surface area contributed by atoms with Gasteiger partial charge in [-0.15, -0.1) is 0 Å². The Balaban J connectivity index is 1.55. The molecule has 1 amide bonds. The summed E-state index contributed by atoms with van der Waals surface area (Å²) in [5.41, 5.74) is 2.77. The lowest BCUT2D eigenvalue weighted by Gasteiger charge is -2.26. The Morgan fingerprint density at radius 3 is 2.54 bits per heavy atom. The van der Waals surface area contributed by atoms with Gasteiger partial charge in [0.1, 0.15) is 5.75 Å². The van der Waals surface area contributed by atoms with Gasteiger partial charge < -0.3 is 15.3 Å². The molecule has 5 heteroatoms. The van der Waals surface area contributed by atoms with E-state index < -0.39 is 0 Å². The summed E-state index contributed by atoms with van der Waals surface area (Å²) in [5, 5.41) is 12.5. The quantitative estimate of drug-likeness (QED) is 0.586. The minimum absolute atomic E-state index is 0.0358. The molecule has 4 nitrogen and oxygen atoms in total. The van der Waals surface area contributed by atoms with Crippen LogP contribution >= 0.6 is 0 Å². The largest absolute Gasteiger partial charge is 0.508 e. The lowest BCUT2D eigenvalue weighted by molar-refractivity contribution is -0.116. The number of carbonyl (C=O) groups is 1. The van der Waals surface area contributed by atoms with Crippen LogP contribution in [0, 0.1) is 0 Å². The van der Waals surface area contributed by atoms with Crippen LogP contribution in [-0.4, -0.2) is 51.2 Å². The molecule has 2 atom stereocenters. The average molecular weight is 365 g/mol. The molecular weight excluding hydrogens is 340 g/mol. The molecule has 0 bridgehead atoms. The minimum atomic E-state index is -0.0600. The van der Waals surface area contributed by atoms with Gasteiger partial charge in [0.25, 0.3) is 0 Å². The number of phenolic OH excluding ortho intramolecular Hbond substituents is 1. The van der Waals surface area contributed by atoms with Gasteiger partial charge in [-0.2, -0.15) is 0 Å². The summed E-state index contributed by atoms with van der Waals surface area (Å²) in [6.07, 6.45) is 4.40. The predicted octanol–water partition coefficient (Wildman–Crippen LogP) is 2.53. The predicted molar refractivity (Wildman–Crippen MR) is 106 cm³/mol. The van der Waals surface area contributed by atoms with E-state index in [4.69, 9.17) is 0 Å². The van der Waals surface area contributed by atoms with Crippen LogP contribution in [0.4, 0.5) is 0 Å². The van der Waals surface area contributed by atoms with E-state index in [-0.39, 0.29) is 11.1 Å². The number of rotatable bonds is 7. The third-order valence-electron chi connectivity index (χ3n) is 4.85. The molecule has 134 valence electrons. The summed E-state index contributed by atoms with van der Waals surface area (Å²) in [6, 6.07) is 17.2. The molecule has 1 heterocycles. The van der Waals surface area contributed by atoms with E-state index in [1.165, 1.54) is 5.56 Å². The van der Waals surface area contributed by atoms with Gasteiger partial charge in [0.2, 0.25) is 5.91 Å². The first-order valence-corrected chi connectivity index (χ1v) is 9.81. The van der Waals surface area contributed by atoms with Crippen molar-refractivity contribution >= 4 is 21.5 Å². The fourth-order valence-electron chi connectivity index (χ4n) is 3.14. The van der Waals surface area contributed by atoms with Crippen molar-refractivity contribution in [2.45, 2.75) is 17.1 Å². The molecule has 1 saturated heterocycles. The van der Waals surface area contributed by atoms with Gasteiger partial charge in [-0.3, -0.25) is 4.79 Å². The number of benzene rings is 2. The highest BCUT2D eigenvalue weighted by molar-refractivity contribution is 6.57. The standard InChI is InChI=1S/C21H24N2O2Si/c1-23(2)21(19(26-21)14-17-8-11-18(24)12-9-17)15-22-20(25)13-10-16-6-4-3-5-7-16/h3-13,19,24H,14-15H2,1-2H3,(H,22,25)/b13-10+/t19?,21-/m1/s1. The van der Waals surface area contributed by atoms with Gasteiger partial charge in [0.05, 0.1) is 9.52 Å². The number of carbonyl (C=O) groups excluding carboxylic acids is 1. The Kier molecular flexibility index (Phi) is 5.59. The molecule has 1 aliphatic heterocycles. The maximum Gasteiger partial charge on any atom is 0.244 e. The number of nitrogens with zero attached hydrogens (tertiary/aromatic N) is 1. The van der Waals surface area contributed by atoms with Crippen LogP contribution in [0.3, 0.4) is 0 Å². The first-order chi connectivity index (χ1) is 12.5. The molecule has 0 aromatic heterocycles. The van der Waals surface area contributed by atoms with Crippen LogP contribution in [0.25, 0.3) is 6.08 Å². The molecule has 3 rings (SSSR count). The third kappa shape index (κ3) is 4.42. The van der Waals surface area contributed by atoms with Gasteiger partial charge in [0, 0.05) is 17.8 Å². The molecule has 0 aliphatic carbocycles. The Labute approximate surface area is 157 Å². The topological polar surface area (TPSA) is 52.6 Å². The molecule has 26 heavy (non-hydrogen) atoms. The van der Waals surface area contributed by atoms with Crippen molar-refractivity contribution in [1.82, 2.24) is 10.2 Å². The van der Waals surface area contributed by atoms with Crippen molar-refractivity contribution < 1.29 is 9.90 Å². The summed E-state index contributed by atoms with van der Waals surface area (Å²) in [6.45, 7) is 0.652. The van der Waals surface area contributed by atoms with E-state index in [1.54, 1.807) is 18.2 Å². The van der Waals surface area contributed by atoms with E-state index in [1.807, 2.05) is 48.5 Å². The Hall–Kier alpha value is -2.37. The zero-order valence-electron chi connectivity index (χ0n) is 15.1. The molecule has 2 N–H and O–H groups in total. The number of likely N-dealkylation sites (N-methyl/N-ethyl adjacent to an activating group) is 1. The second-order valence-corrected chi connectivity index (χ2v) is 8.70. The van der Waals surface area contributed by atoms with Crippen molar-refractivity contribution in [3.8, 4) is 5.75 Å².